The summed E-state index contributed by atoms with van der Waals surface area (Å²) in [6.07, 6.45) is 4.60. The van der Waals surface area contributed by atoms with Crippen molar-refractivity contribution in [3.63, 3.8) is 0 Å². The molecule has 4 rings (SSSR count). The lowest BCUT2D eigenvalue weighted by Crippen LogP contribution is -2.02. The highest BCUT2D eigenvalue weighted by Gasteiger charge is 2.08. The van der Waals surface area contributed by atoms with Gasteiger partial charge in [0.2, 0.25) is 5.95 Å². The summed E-state index contributed by atoms with van der Waals surface area (Å²) in [7, 11) is -3.25. The molecule has 0 saturated carbocycles. The van der Waals surface area contributed by atoms with Crippen molar-refractivity contribution in [2.24, 2.45) is 0 Å². The van der Waals surface area contributed by atoms with Crippen LogP contribution in [0.4, 0.5) is 17.5 Å². The van der Waals surface area contributed by atoms with E-state index in [0.717, 1.165) is 16.3 Å². The summed E-state index contributed by atoms with van der Waals surface area (Å²) in [5.74, 6) is 7.04. The van der Waals surface area contributed by atoms with Crippen molar-refractivity contribution in [2.45, 2.75) is 18.7 Å². The number of nitrogen functional groups attached to an aromatic ring is 1. The van der Waals surface area contributed by atoms with Crippen LogP contribution in [0.25, 0.3) is 10.8 Å². The average molecular weight is 445 g/mol. The quantitative estimate of drug-likeness (QED) is 0.462. The van der Waals surface area contributed by atoms with E-state index in [9.17, 15) is 8.42 Å². The minimum Gasteiger partial charge on any atom is -0.368 e. The Kier molecular flexibility index (Phi) is 5.47. The van der Waals surface area contributed by atoms with Gasteiger partial charge in [0.15, 0.2) is 9.84 Å². The van der Waals surface area contributed by atoms with Crippen LogP contribution in [0, 0.1) is 25.7 Å². The van der Waals surface area contributed by atoms with Crippen LogP contribution in [0.5, 0.6) is 0 Å². The molecule has 0 aliphatic rings. The van der Waals surface area contributed by atoms with E-state index in [1.54, 1.807) is 36.7 Å². The third-order valence-corrected chi connectivity index (χ3v) is 5.92. The predicted molar refractivity (Wildman–Crippen MR) is 124 cm³/mol. The molecule has 4 aromatic rings. The molecule has 32 heavy (non-hydrogen) atoms. The first kappa shape index (κ1) is 21.2. The lowest BCUT2D eigenvalue weighted by molar-refractivity contribution is 0.602. The standard InChI is InChI=1S/C23H20N6O2S/c1-14-19(15(2)28-23(24)27-14)8-9-21-20-12-22(26-13-16(20)10-11-25-21)29-17-4-6-18(7-5-17)32(3,30)31/h4-7,10-13H,1-3H3,(H,26,29)(H2,24,27,28). The summed E-state index contributed by atoms with van der Waals surface area (Å²) >= 11 is 0. The van der Waals surface area contributed by atoms with Gasteiger partial charge in [-0.1, -0.05) is 5.92 Å². The van der Waals surface area contributed by atoms with Crippen molar-refractivity contribution < 1.29 is 8.42 Å². The lowest BCUT2D eigenvalue weighted by atomic mass is 10.1. The van der Waals surface area contributed by atoms with Crippen LogP contribution in [0.3, 0.4) is 0 Å². The molecule has 3 N–H and O–H groups in total. The number of sulfone groups is 1. The van der Waals surface area contributed by atoms with E-state index in [4.69, 9.17) is 5.73 Å². The Morgan fingerprint density at radius 2 is 1.66 bits per heavy atom. The maximum absolute atomic E-state index is 11.6. The normalized spacial score (nSPS) is 11.1. The van der Waals surface area contributed by atoms with Crippen molar-refractivity contribution in [2.75, 3.05) is 17.3 Å². The zero-order chi connectivity index (χ0) is 22.9. The SMILES string of the molecule is Cc1nc(N)nc(C)c1C#Cc1nccc2cnc(Nc3ccc(S(C)(=O)=O)cc3)cc12. The minimum absolute atomic E-state index is 0.222. The largest absolute Gasteiger partial charge is 0.368 e. The molecule has 0 unspecified atom stereocenters. The molecule has 0 aliphatic heterocycles. The third kappa shape index (κ3) is 4.50. The average Bonchev–Trinajstić information content (AvgIpc) is 2.73. The van der Waals surface area contributed by atoms with E-state index >= 15 is 0 Å². The van der Waals surface area contributed by atoms with E-state index in [0.29, 0.717) is 28.6 Å². The molecule has 3 aromatic heterocycles. The van der Waals surface area contributed by atoms with Gasteiger partial charge in [0.05, 0.1) is 21.8 Å². The molecule has 1 aromatic carbocycles. The second-order valence-electron chi connectivity index (χ2n) is 7.25. The molecule has 0 bridgehead atoms. The second kappa shape index (κ2) is 8.24. The topological polar surface area (TPSA) is 124 Å². The van der Waals surface area contributed by atoms with Crippen molar-refractivity contribution in [1.82, 2.24) is 19.9 Å². The van der Waals surface area contributed by atoms with Crippen LogP contribution in [0.2, 0.25) is 0 Å². The Morgan fingerprint density at radius 1 is 0.969 bits per heavy atom. The van der Waals surface area contributed by atoms with Gasteiger partial charge in [0.1, 0.15) is 11.5 Å². The summed E-state index contributed by atoms with van der Waals surface area (Å²) in [6, 6.07) is 10.2. The first-order valence-electron chi connectivity index (χ1n) is 9.65. The number of anilines is 3. The van der Waals surface area contributed by atoms with Gasteiger partial charge < -0.3 is 11.1 Å². The van der Waals surface area contributed by atoms with E-state index in [1.807, 2.05) is 26.0 Å². The summed E-state index contributed by atoms with van der Waals surface area (Å²) in [6.45, 7) is 3.68. The first-order chi connectivity index (χ1) is 15.2. The summed E-state index contributed by atoms with van der Waals surface area (Å²) in [5.41, 5.74) is 9.14. The highest BCUT2D eigenvalue weighted by atomic mass is 32.2. The van der Waals surface area contributed by atoms with Gasteiger partial charge in [-0.15, -0.1) is 0 Å². The van der Waals surface area contributed by atoms with E-state index in [1.165, 1.54) is 6.26 Å². The molecular weight excluding hydrogens is 424 g/mol. The Morgan fingerprint density at radius 3 is 2.31 bits per heavy atom. The summed E-state index contributed by atoms with van der Waals surface area (Å²) < 4.78 is 23.3. The fraction of sp³-hybridized carbons (Fsp3) is 0.130. The van der Waals surface area contributed by atoms with E-state index < -0.39 is 9.84 Å². The number of aromatic nitrogens is 4. The van der Waals surface area contributed by atoms with Crippen molar-refractivity contribution in [1.29, 1.82) is 0 Å². The minimum atomic E-state index is -3.25. The molecule has 0 fully saturated rings. The van der Waals surface area contributed by atoms with Gasteiger partial charge in [-0.25, -0.2) is 28.4 Å². The maximum atomic E-state index is 11.6. The Labute approximate surface area is 185 Å². The van der Waals surface area contributed by atoms with Gasteiger partial charge in [-0.3, -0.25) is 0 Å². The summed E-state index contributed by atoms with van der Waals surface area (Å²) in [5, 5.41) is 4.91. The van der Waals surface area contributed by atoms with Gasteiger partial charge in [0.25, 0.3) is 0 Å². The van der Waals surface area contributed by atoms with Gasteiger partial charge in [0, 0.05) is 35.1 Å². The highest BCUT2D eigenvalue weighted by molar-refractivity contribution is 7.90. The van der Waals surface area contributed by atoms with Crippen LogP contribution in [-0.4, -0.2) is 34.6 Å². The van der Waals surface area contributed by atoms with E-state index in [2.05, 4.69) is 37.1 Å². The van der Waals surface area contributed by atoms with Gasteiger partial charge in [-0.05, 0) is 56.2 Å². The summed E-state index contributed by atoms with van der Waals surface area (Å²) in [4.78, 5) is 17.5. The van der Waals surface area contributed by atoms with Gasteiger partial charge in [-0.2, -0.15) is 0 Å². The number of aryl methyl sites for hydroxylation is 2. The Balaban J connectivity index is 1.69. The molecule has 0 amide bonds. The fourth-order valence-electron chi connectivity index (χ4n) is 3.21. The number of benzene rings is 1. The smallest absolute Gasteiger partial charge is 0.220 e. The maximum Gasteiger partial charge on any atom is 0.220 e. The van der Waals surface area contributed by atoms with Crippen molar-refractivity contribution in [3.05, 3.63) is 71.4 Å². The first-order valence-corrected chi connectivity index (χ1v) is 11.5. The Bertz CT molecular complexity index is 1480. The zero-order valence-corrected chi connectivity index (χ0v) is 18.5. The number of nitrogens with zero attached hydrogens (tertiary/aromatic N) is 4. The molecule has 8 nitrogen and oxygen atoms in total. The number of rotatable bonds is 3. The molecule has 0 saturated heterocycles. The number of fused-ring (bicyclic) bond motifs is 1. The molecule has 0 radical (unpaired) electrons. The van der Waals surface area contributed by atoms with Crippen LogP contribution in [0.15, 0.2) is 53.7 Å². The van der Waals surface area contributed by atoms with Crippen LogP contribution >= 0.6 is 0 Å². The lowest BCUT2D eigenvalue weighted by Gasteiger charge is -2.08. The highest BCUT2D eigenvalue weighted by Crippen LogP contribution is 2.23. The number of pyridine rings is 2. The van der Waals surface area contributed by atoms with Gasteiger partial charge >= 0.3 is 0 Å². The molecule has 160 valence electrons. The van der Waals surface area contributed by atoms with E-state index in [-0.39, 0.29) is 10.8 Å². The molecule has 0 spiro atoms. The number of nitrogens with two attached hydrogens (primary N) is 1. The van der Waals surface area contributed by atoms with Crippen LogP contribution < -0.4 is 11.1 Å². The fourth-order valence-corrected chi connectivity index (χ4v) is 3.84. The van der Waals surface area contributed by atoms with Crippen molar-refractivity contribution >= 4 is 38.1 Å². The molecule has 3 heterocycles. The second-order valence-corrected chi connectivity index (χ2v) is 9.27. The third-order valence-electron chi connectivity index (χ3n) is 4.80. The molecular formula is C23H20N6O2S. The van der Waals surface area contributed by atoms with Crippen molar-refractivity contribution in [3.8, 4) is 11.8 Å². The van der Waals surface area contributed by atoms with Crippen LogP contribution in [-0.2, 0) is 9.84 Å². The molecule has 9 heteroatoms. The number of nitrogens with one attached hydrogen (secondary N) is 1. The number of hydrogen-bond donors (Lipinski definition) is 2. The molecule has 0 aliphatic carbocycles. The predicted octanol–water partition coefficient (Wildman–Crippen LogP) is 3.17. The van der Waals surface area contributed by atoms with Crippen LogP contribution in [0.1, 0.15) is 22.6 Å². The zero-order valence-electron chi connectivity index (χ0n) is 17.7. The number of hydrogen-bond acceptors (Lipinski definition) is 8. The Hall–Kier alpha value is -4.03. The molecule has 0 atom stereocenters. The monoisotopic (exact) mass is 444 g/mol.